The van der Waals surface area contributed by atoms with E-state index in [0.29, 0.717) is 36.4 Å². The molecule has 0 fully saturated rings. The Morgan fingerprint density at radius 2 is 1.89 bits per heavy atom. The number of rotatable bonds is 8. The molecule has 2 heterocycles. The fourth-order valence-corrected chi connectivity index (χ4v) is 6.05. The van der Waals surface area contributed by atoms with Crippen molar-refractivity contribution in [3.63, 3.8) is 0 Å². The molecule has 0 saturated carbocycles. The van der Waals surface area contributed by atoms with Crippen LogP contribution < -0.4 is 10.1 Å². The predicted molar refractivity (Wildman–Crippen MR) is 163 cm³/mol. The van der Waals surface area contributed by atoms with Crippen LogP contribution in [-0.4, -0.2) is 70.6 Å². The average molecular weight is 627 g/mol. The van der Waals surface area contributed by atoms with Gasteiger partial charge in [-0.2, -0.15) is 13.2 Å². The molecular weight excluding hydrogens is 593 g/mol. The molecule has 5 rings (SSSR count). The monoisotopic (exact) mass is 626 g/mol. The second-order valence-corrected chi connectivity index (χ2v) is 12.2. The lowest BCUT2D eigenvalue weighted by Gasteiger charge is -2.38. The summed E-state index contributed by atoms with van der Waals surface area (Å²) < 4.78 is 46.5. The third kappa shape index (κ3) is 6.87. The quantitative estimate of drug-likeness (QED) is 0.252. The van der Waals surface area contributed by atoms with Crippen LogP contribution in [-0.2, 0) is 12.7 Å². The Balaban J connectivity index is 1.43. The number of fused-ring (bicyclic) bond motifs is 2. The molecule has 232 valence electrons. The SMILES string of the molecule is C[C@@H]1CN([C@@H](C)CO)C(=O)c2cccc(NC(=O)c3nc4ccccc4s3)c2O[C@H]1CN(C)Cc1ccc(C(F)(F)F)cc1. The highest BCUT2D eigenvalue weighted by Crippen LogP contribution is 2.36. The second-order valence-electron chi connectivity index (χ2n) is 11.1. The Bertz CT molecular complexity index is 1610. The number of likely N-dealkylation sites (N-methyl/N-ethyl adjacent to an activating group) is 1. The lowest BCUT2D eigenvalue weighted by atomic mass is 9.98. The normalized spacial score (nSPS) is 18.0. The Kier molecular flexibility index (Phi) is 9.23. The van der Waals surface area contributed by atoms with Gasteiger partial charge in [0.2, 0.25) is 0 Å². The molecule has 3 aromatic carbocycles. The molecule has 0 bridgehead atoms. The molecule has 0 unspecified atom stereocenters. The molecule has 1 aliphatic heterocycles. The van der Waals surface area contributed by atoms with Crippen LogP contribution in [0.4, 0.5) is 18.9 Å². The van der Waals surface area contributed by atoms with Crippen LogP contribution in [0, 0.1) is 5.92 Å². The van der Waals surface area contributed by atoms with Gasteiger partial charge in [0.15, 0.2) is 10.8 Å². The van der Waals surface area contributed by atoms with E-state index in [-0.39, 0.29) is 34.8 Å². The fourth-order valence-electron chi connectivity index (χ4n) is 5.19. The number of nitrogens with zero attached hydrogens (tertiary/aromatic N) is 3. The van der Waals surface area contributed by atoms with Gasteiger partial charge >= 0.3 is 6.18 Å². The maximum absolute atomic E-state index is 13.8. The van der Waals surface area contributed by atoms with E-state index in [4.69, 9.17) is 4.74 Å². The average Bonchev–Trinajstić information content (AvgIpc) is 3.43. The number of hydrogen-bond acceptors (Lipinski definition) is 7. The van der Waals surface area contributed by atoms with E-state index < -0.39 is 29.8 Å². The van der Waals surface area contributed by atoms with E-state index >= 15 is 0 Å². The number of carbonyl (C=O) groups is 2. The summed E-state index contributed by atoms with van der Waals surface area (Å²) in [6, 6.07) is 16.9. The smallest absolute Gasteiger partial charge is 0.416 e. The summed E-state index contributed by atoms with van der Waals surface area (Å²) in [5.74, 6) is -0.769. The van der Waals surface area contributed by atoms with E-state index in [1.807, 2.05) is 43.1 Å². The number of alkyl halides is 3. The number of ether oxygens (including phenoxy) is 1. The van der Waals surface area contributed by atoms with E-state index in [0.717, 1.165) is 16.8 Å². The van der Waals surface area contributed by atoms with Crippen molar-refractivity contribution in [3.05, 3.63) is 88.4 Å². The van der Waals surface area contributed by atoms with Crippen molar-refractivity contribution in [2.75, 3.05) is 32.1 Å². The van der Waals surface area contributed by atoms with E-state index in [1.54, 1.807) is 30.0 Å². The van der Waals surface area contributed by atoms with Gasteiger partial charge in [-0.3, -0.25) is 14.5 Å². The van der Waals surface area contributed by atoms with Gasteiger partial charge in [-0.1, -0.05) is 37.3 Å². The minimum atomic E-state index is -4.41. The number of aliphatic hydroxyl groups is 1. The largest absolute Gasteiger partial charge is 0.486 e. The standard InChI is InChI=1S/C32H33F3N4O4S/c1-19-15-39(20(2)18-40)31(42)23-7-6-9-25(36-29(41)30-37-24-8-4-5-10-27(24)44-30)28(23)43-26(19)17-38(3)16-21-11-13-22(14-12-21)32(33,34)35/h4-14,19-20,26,40H,15-18H2,1-3H3,(H,36,41)/t19-,20+,26+/m1/s1. The Morgan fingerprint density at radius 3 is 2.57 bits per heavy atom. The van der Waals surface area contributed by atoms with Crippen LogP contribution in [0.25, 0.3) is 10.2 Å². The molecule has 12 heteroatoms. The van der Waals surface area contributed by atoms with Gasteiger partial charge in [0, 0.05) is 25.6 Å². The zero-order valence-corrected chi connectivity index (χ0v) is 25.3. The van der Waals surface area contributed by atoms with Crippen LogP contribution in [0.15, 0.2) is 66.7 Å². The molecule has 2 amide bonds. The van der Waals surface area contributed by atoms with Gasteiger partial charge < -0.3 is 20.1 Å². The summed E-state index contributed by atoms with van der Waals surface area (Å²) in [7, 11) is 1.84. The first-order valence-corrected chi connectivity index (χ1v) is 15.0. The molecule has 2 N–H and O–H groups in total. The molecule has 8 nitrogen and oxygen atoms in total. The number of nitrogens with one attached hydrogen (secondary N) is 1. The zero-order valence-electron chi connectivity index (χ0n) is 24.5. The highest BCUT2D eigenvalue weighted by molar-refractivity contribution is 7.20. The maximum Gasteiger partial charge on any atom is 0.416 e. The molecule has 1 aromatic heterocycles. The molecule has 0 spiro atoms. The van der Waals surface area contributed by atoms with Crippen molar-refractivity contribution in [3.8, 4) is 5.75 Å². The van der Waals surface area contributed by atoms with Gasteiger partial charge in [-0.25, -0.2) is 4.98 Å². The fraction of sp³-hybridized carbons (Fsp3) is 0.344. The number of aromatic nitrogens is 1. The number of para-hydroxylation sites is 2. The number of thiazole rings is 1. The molecule has 0 aliphatic carbocycles. The molecule has 4 aromatic rings. The first-order valence-electron chi connectivity index (χ1n) is 14.2. The maximum atomic E-state index is 13.8. The van der Waals surface area contributed by atoms with Crippen molar-refractivity contribution in [1.29, 1.82) is 0 Å². The van der Waals surface area contributed by atoms with Crippen LogP contribution in [0.5, 0.6) is 5.75 Å². The molecule has 0 radical (unpaired) electrons. The number of carbonyl (C=O) groups excluding carboxylic acids is 2. The summed E-state index contributed by atoms with van der Waals surface area (Å²) in [5.41, 5.74) is 1.25. The third-order valence-electron chi connectivity index (χ3n) is 7.65. The number of anilines is 1. The molecular formula is C32H33F3N4O4S. The van der Waals surface area contributed by atoms with Crippen LogP contribution >= 0.6 is 11.3 Å². The topological polar surface area (TPSA) is 95.0 Å². The van der Waals surface area contributed by atoms with Crippen LogP contribution in [0.2, 0.25) is 0 Å². The Morgan fingerprint density at radius 1 is 1.16 bits per heavy atom. The minimum absolute atomic E-state index is 0.204. The van der Waals surface area contributed by atoms with Gasteiger partial charge in [-0.15, -0.1) is 11.3 Å². The highest BCUT2D eigenvalue weighted by atomic mass is 32.1. The molecule has 3 atom stereocenters. The van der Waals surface area contributed by atoms with Crippen LogP contribution in [0.1, 0.15) is 45.1 Å². The van der Waals surface area contributed by atoms with Crippen molar-refractivity contribution in [1.82, 2.24) is 14.8 Å². The van der Waals surface area contributed by atoms with Gasteiger partial charge in [0.1, 0.15) is 6.10 Å². The minimum Gasteiger partial charge on any atom is -0.486 e. The summed E-state index contributed by atoms with van der Waals surface area (Å²) >= 11 is 1.25. The molecule has 44 heavy (non-hydrogen) atoms. The van der Waals surface area contributed by atoms with Gasteiger partial charge in [0.05, 0.1) is 39.7 Å². The summed E-state index contributed by atoms with van der Waals surface area (Å²) in [5, 5.41) is 13.1. The number of benzene rings is 3. The van der Waals surface area contributed by atoms with Crippen molar-refractivity contribution >= 4 is 39.1 Å². The third-order valence-corrected chi connectivity index (χ3v) is 8.69. The summed E-state index contributed by atoms with van der Waals surface area (Å²) in [6.07, 6.45) is -4.88. The number of halogens is 3. The highest BCUT2D eigenvalue weighted by Gasteiger charge is 2.35. The zero-order chi connectivity index (χ0) is 31.6. The first kappa shape index (κ1) is 31.4. The predicted octanol–water partition coefficient (Wildman–Crippen LogP) is 5.92. The van der Waals surface area contributed by atoms with E-state index in [2.05, 4.69) is 10.3 Å². The first-order chi connectivity index (χ1) is 20.9. The summed E-state index contributed by atoms with van der Waals surface area (Å²) in [6.45, 7) is 4.51. The Hall–Kier alpha value is -4.00. The lowest BCUT2D eigenvalue weighted by Crippen LogP contribution is -2.49. The molecule has 1 aliphatic rings. The van der Waals surface area contributed by atoms with Gasteiger partial charge in [-0.05, 0) is 55.9 Å². The number of hydrogen-bond donors (Lipinski definition) is 2. The summed E-state index contributed by atoms with van der Waals surface area (Å²) in [4.78, 5) is 35.0. The Labute approximate surface area is 257 Å². The number of aliphatic hydroxyl groups excluding tert-OH is 1. The number of amides is 2. The van der Waals surface area contributed by atoms with Crippen molar-refractivity contribution in [2.45, 2.75) is 38.7 Å². The molecule has 0 saturated heterocycles. The lowest BCUT2D eigenvalue weighted by molar-refractivity contribution is -0.137. The van der Waals surface area contributed by atoms with E-state index in [1.165, 1.54) is 23.5 Å². The second kappa shape index (κ2) is 12.9. The van der Waals surface area contributed by atoms with Crippen molar-refractivity contribution < 1.29 is 32.6 Å². The van der Waals surface area contributed by atoms with Gasteiger partial charge in [0.25, 0.3) is 11.8 Å². The van der Waals surface area contributed by atoms with E-state index in [9.17, 15) is 27.9 Å². The van der Waals surface area contributed by atoms with Crippen molar-refractivity contribution in [2.24, 2.45) is 5.92 Å². The van der Waals surface area contributed by atoms with Crippen LogP contribution in [0.3, 0.4) is 0 Å².